The molecule has 1 fully saturated rings. The average molecular weight is 450 g/mol. The van der Waals surface area contributed by atoms with Gasteiger partial charge in [-0.25, -0.2) is 9.67 Å². The smallest absolute Gasteiger partial charge is 0.198 e. The fourth-order valence-corrected chi connectivity index (χ4v) is 5.05. The summed E-state index contributed by atoms with van der Waals surface area (Å²) in [6.45, 7) is 3.58. The van der Waals surface area contributed by atoms with Crippen molar-refractivity contribution in [3.8, 4) is 5.82 Å². The molecule has 2 atom stereocenters. The number of benzene rings is 1. The Kier molecular flexibility index (Phi) is 6.39. The molecule has 166 valence electrons. The highest BCUT2D eigenvalue weighted by Crippen LogP contribution is 2.35. The van der Waals surface area contributed by atoms with Crippen molar-refractivity contribution in [3.05, 3.63) is 71.2 Å². The summed E-state index contributed by atoms with van der Waals surface area (Å²) in [5.74, 6) is 0.926. The van der Waals surface area contributed by atoms with Crippen LogP contribution in [0.1, 0.15) is 54.5 Å². The first-order valence-electron chi connectivity index (χ1n) is 11.2. The van der Waals surface area contributed by atoms with Gasteiger partial charge in [0, 0.05) is 36.2 Å². The number of carbonyl (C=O) groups is 1. The van der Waals surface area contributed by atoms with E-state index in [1.54, 1.807) is 0 Å². The minimum Gasteiger partial charge on any atom is -0.353 e. The van der Waals surface area contributed by atoms with Crippen molar-refractivity contribution >= 4 is 16.9 Å². The van der Waals surface area contributed by atoms with Crippen molar-refractivity contribution in [1.29, 1.82) is 0 Å². The van der Waals surface area contributed by atoms with Gasteiger partial charge in [-0.2, -0.15) is 5.10 Å². The van der Waals surface area contributed by atoms with Crippen molar-refractivity contribution in [1.82, 2.24) is 14.8 Å². The Labute approximate surface area is 192 Å². The standard InChI is InChI=1S/C25H27N3O3S/c1-17(19-6-7-20-15-24(29)32-22(20)14-19)21-9-11-28(27-21)23-8-5-18(16-26-23)10-13-31-25-4-2-3-12-30-25/h5-9,11,14,16-17,25H,2-4,10,12-13,15H2,1H3. The van der Waals surface area contributed by atoms with Crippen molar-refractivity contribution in [3.63, 3.8) is 0 Å². The zero-order chi connectivity index (χ0) is 21.9. The van der Waals surface area contributed by atoms with Crippen LogP contribution in [0.25, 0.3) is 5.82 Å². The Morgan fingerprint density at radius 1 is 1.25 bits per heavy atom. The van der Waals surface area contributed by atoms with Crippen molar-refractivity contribution in [2.45, 2.75) is 56.1 Å². The molecule has 0 saturated carbocycles. The molecule has 0 spiro atoms. The van der Waals surface area contributed by atoms with E-state index in [-0.39, 0.29) is 17.3 Å². The average Bonchev–Trinajstić information content (AvgIpc) is 3.45. The molecule has 32 heavy (non-hydrogen) atoms. The second-order valence-corrected chi connectivity index (χ2v) is 9.47. The van der Waals surface area contributed by atoms with Crippen LogP contribution in [0.5, 0.6) is 0 Å². The van der Waals surface area contributed by atoms with Gasteiger partial charge in [-0.15, -0.1) is 0 Å². The van der Waals surface area contributed by atoms with Crippen LogP contribution in [-0.4, -0.2) is 39.4 Å². The molecule has 0 amide bonds. The van der Waals surface area contributed by atoms with E-state index in [0.717, 1.165) is 53.4 Å². The number of hydrogen-bond acceptors (Lipinski definition) is 6. The van der Waals surface area contributed by atoms with Gasteiger partial charge in [0.2, 0.25) is 0 Å². The minimum atomic E-state index is -0.0507. The Morgan fingerprint density at radius 2 is 2.19 bits per heavy atom. The maximum atomic E-state index is 11.7. The monoisotopic (exact) mass is 449 g/mol. The van der Waals surface area contributed by atoms with E-state index in [9.17, 15) is 4.79 Å². The first kappa shape index (κ1) is 21.4. The van der Waals surface area contributed by atoms with E-state index in [0.29, 0.717) is 13.0 Å². The van der Waals surface area contributed by atoms with Crippen LogP contribution in [0.15, 0.2) is 53.7 Å². The predicted octanol–water partition coefficient (Wildman–Crippen LogP) is 4.68. The fraction of sp³-hybridized carbons (Fsp3) is 0.400. The molecule has 1 saturated heterocycles. The summed E-state index contributed by atoms with van der Waals surface area (Å²) in [4.78, 5) is 17.4. The lowest BCUT2D eigenvalue weighted by atomic mass is 9.96. The van der Waals surface area contributed by atoms with E-state index in [1.165, 1.54) is 23.7 Å². The van der Waals surface area contributed by atoms with Crippen molar-refractivity contribution < 1.29 is 14.3 Å². The number of carbonyl (C=O) groups excluding carboxylic acids is 1. The molecule has 2 aliphatic rings. The van der Waals surface area contributed by atoms with Crippen molar-refractivity contribution in [2.24, 2.45) is 0 Å². The predicted molar refractivity (Wildman–Crippen MR) is 123 cm³/mol. The third-order valence-corrected chi connectivity index (χ3v) is 7.05. The van der Waals surface area contributed by atoms with Crippen LogP contribution < -0.4 is 0 Å². The van der Waals surface area contributed by atoms with Crippen LogP contribution in [0, 0.1) is 0 Å². The highest BCUT2D eigenvalue weighted by atomic mass is 32.2. The van der Waals surface area contributed by atoms with E-state index in [2.05, 4.69) is 36.2 Å². The number of aromatic nitrogens is 3. The summed E-state index contributed by atoms with van der Waals surface area (Å²) in [5, 5.41) is 4.98. The third-order valence-electron chi connectivity index (χ3n) is 6.08. The van der Waals surface area contributed by atoms with Crippen LogP contribution in [0.3, 0.4) is 0 Å². The number of pyridine rings is 1. The topological polar surface area (TPSA) is 66.2 Å². The van der Waals surface area contributed by atoms with Crippen LogP contribution >= 0.6 is 11.8 Å². The second kappa shape index (κ2) is 9.57. The van der Waals surface area contributed by atoms with Crippen LogP contribution in [0.4, 0.5) is 0 Å². The summed E-state index contributed by atoms with van der Waals surface area (Å²) < 4.78 is 13.2. The maximum Gasteiger partial charge on any atom is 0.198 e. The SMILES string of the molecule is CC(c1ccc2c(c1)SC(=O)C2)c1ccn(-c2ccc(CCOC3CCCCO3)cn2)n1. The molecule has 1 aromatic carbocycles. The van der Waals surface area contributed by atoms with Gasteiger partial charge in [0.1, 0.15) is 0 Å². The lowest BCUT2D eigenvalue weighted by Crippen LogP contribution is -2.23. The quantitative estimate of drug-likeness (QED) is 0.522. The molecule has 0 radical (unpaired) electrons. The van der Waals surface area contributed by atoms with Gasteiger partial charge in [0.15, 0.2) is 17.2 Å². The molecular weight excluding hydrogens is 422 g/mol. The lowest BCUT2D eigenvalue weighted by Gasteiger charge is -2.22. The minimum absolute atomic E-state index is 0.0507. The van der Waals surface area contributed by atoms with E-state index in [1.807, 2.05) is 29.2 Å². The summed E-state index contributed by atoms with van der Waals surface area (Å²) in [6.07, 6.45) is 8.43. The van der Waals surface area contributed by atoms with Crippen LogP contribution in [-0.2, 0) is 27.1 Å². The number of fused-ring (bicyclic) bond motifs is 1. The Hall–Kier alpha value is -2.48. The highest BCUT2D eigenvalue weighted by Gasteiger charge is 2.21. The summed E-state index contributed by atoms with van der Waals surface area (Å²) in [7, 11) is 0. The summed E-state index contributed by atoms with van der Waals surface area (Å²) in [5.41, 5.74) is 4.41. The molecule has 2 aromatic heterocycles. The molecule has 6 nitrogen and oxygen atoms in total. The summed E-state index contributed by atoms with van der Waals surface area (Å²) in [6, 6.07) is 12.4. The first-order chi connectivity index (χ1) is 15.7. The van der Waals surface area contributed by atoms with Gasteiger partial charge in [-0.1, -0.05) is 36.9 Å². The molecule has 4 heterocycles. The normalized spacial score (nSPS) is 19.2. The van der Waals surface area contributed by atoms with Gasteiger partial charge in [0.05, 0.1) is 12.3 Å². The van der Waals surface area contributed by atoms with Gasteiger partial charge in [-0.3, -0.25) is 4.79 Å². The second-order valence-electron chi connectivity index (χ2n) is 8.37. The van der Waals surface area contributed by atoms with E-state index >= 15 is 0 Å². The number of nitrogens with zero attached hydrogens (tertiary/aromatic N) is 3. The molecule has 0 aliphatic carbocycles. The Bertz CT molecular complexity index is 1090. The first-order valence-corrected chi connectivity index (χ1v) is 12.0. The molecule has 0 bridgehead atoms. The largest absolute Gasteiger partial charge is 0.353 e. The van der Waals surface area contributed by atoms with Gasteiger partial charge >= 0.3 is 0 Å². The number of hydrogen-bond donors (Lipinski definition) is 0. The molecular formula is C25H27N3O3S. The summed E-state index contributed by atoms with van der Waals surface area (Å²) >= 11 is 1.34. The van der Waals surface area contributed by atoms with Gasteiger partial charge in [-0.05, 0) is 60.6 Å². The van der Waals surface area contributed by atoms with Crippen LogP contribution in [0.2, 0.25) is 0 Å². The molecule has 7 heteroatoms. The highest BCUT2D eigenvalue weighted by molar-refractivity contribution is 8.14. The fourth-order valence-electron chi connectivity index (χ4n) is 4.11. The molecule has 3 aromatic rings. The van der Waals surface area contributed by atoms with E-state index in [4.69, 9.17) is 14.6 Å². The molecule has 2 aliphatic heterocycles. The zero-order valence-electron chi connectivity index (χ0n) is 18.2. The molecule has 2 unspecified atom stereocenters. The maximum absolute atomic E-state index is 11.7. The van der Waals surface area contributed by atoms with E-state index < -0.39 is 0 Å². The molecule has 0 N–H and O–H groups in total. The van der Waals surface area contributed by atoms with Gasteiger partial charge < -0.3 is 9.47 Å². The third kappa shape index (κ3) is 4.80. The molecule has 5 rings (SSSR count). The Morgan fingerprint density at radius 3 is 3.00 bits per heavy atom. The van der Waals surface area contributed by atoms with Gasteiger partial charge in [0.25, 0.3) is 0 Å². The number of rotatable bonds is 7. The number of thioether (sulfide) groups is 1. The Balaban J connectivity index is 1.20. The number of ether oxygens (including phenoxy) is 2. The zero-order valence-corrected chi connectivity index (χ0v) is 19.0. The lowest BCUT2D eigenvalue weighted by molar-refractivity contribution is -0.161. The van der Waals surface area contributed by atoms with Crippen molar-refractivity contribution in [2.75, 3.05) is 13.2 Å².